The minimum Gasteiger partial charge on any atom is -0.278 e. The topological polar surface area (TPSA) is 41.6 Å². The van der Waals surface area contributed by atoms with Gasteiger partial charge in [-0.15, -0.1) is 0 Å². The van der Waals surface area contributed by atoms with Gasteiger partial charge in [0.1, 0.15) is 0 Å². The summed E-state index contributed by atoms with van der Waals surface area (Å²) in [6.45, 7) is 8.25. The molecule has 0 radical (unpaired) electrons. The van der Waals surface area contributed by atoms with Gasteiger partial charge in [0.25, 0.3) is 0 Å². The molecule has 0 atom stereocenters. The quantitative estimate of drug-likeness (QED) is 0.696. The summed E-state index contributed by atoms with van der Waals surface area (Å²) in [5, 5.41) is 7.72. The number of aromatic nitrogens is 3. The fraction of sp³-hybridized carbons (Fsp3) is 0.455. The molecule has 2 aromatic rings. The predicted octanol–water partition coefficient (Wildman–Crippen LogP) is 3.40. The Morgan fingerprint density at radius 1 is 1.21 bits per heavy atom. The maximum absolute atomic E-state index is 3.93. The van der Waals surface area contributed by atoms with Crippen molar-refractivity contribution in [1.82, 2.24) is 15.2 Å². The average Bonchev–Trinajstić information content (AvgIpc) is 2.69. The second-order valence-electron chi connectivity index (χ2n) is 2.54. The summed E-state index contributed by atoms with van der Waals surface area (Å²) in [7, 11) is 0. The Morgan fingerprint density at radius 3 is 2.43 bits per heavy atom. The SMILES string of the molecule is CC.CCC.c1cc2[nH]ncc2cn1. The molecule has 2 heterocycles. The molecule has 2 aromatic heterocycles. The van der Waals surface area contributed by atoms with E-state index in [2.05, 4.69) is 29.0 Å². The standard InChI is InChI=1S/C6H5N3.C3H8.C2H6/c1-2-7-3-5-4-8-9-6(1)5;1-3-2;1-2/h1-4H,(H,8,9);3H2,1-2H3;1-2H3. The Hall–Kier alpha value is -1.38. The first-order valence-electron chi connectivity index (χ1n) is 5.11. The monoisotopic (exact) mass is 193 g/mol. The zero-order valence-electron chi connectivity index (χ0n) is 9.41. The largest absolute Gasteiger partial charge is 0.278 e. The van der Waals surface area contributed by atoms with E-state index in [1.165, 1.54) is 6.42 Å². The fourth-order valence-electron chi connectivity index (χ4n) is 0.783. The number of nitrogens with zero attached hydrogens (tertiary/aromatic N) is 2. The van der Waals surface area contributed by atoms with Crippen LogP contribution in [0.2, 0.25) is 0 Å². The van der Waals surface area contributed by atoms with Crippen molar-refractivity contribution in [2.45, 2.75) is 34.1 Å². The van der Waals surface area contributed by atoms with Gasteiger partial charge in [0, 0.05) is 17.8 Å². The van der Waals surface area contributed by atoms with Gasteiger partial charge >= 0.3 is 0 Å². The van der Waals surface area contributed by atoms with Crippen LogP contribution in [-0.2, 0) is 0 Å². The minimum atomic E-state index is 1.03. The van der Waals surface area contributed by atoms with Gasteiger partial charge in [-0.1, -0.05) is 34.1 Å². The summed E-state index contributed by atoms with van der Waals surface area (Å²) >= 11 is 0. The van der Waals surface area contributed by atoms with Gasteiger partial charge in [0.2, 0.25) is 0 Å². The molecule has 78 valence electrons. The van der Waals surface area contributed by atoms with E-state index in [0.717, 1.165) is 10.9 Å². The maximum Gasteiger partial charge on any atom is 0.0681 e. The lowest BCUT2D eigenvalue weighted by atomic mass is 10.3. The summed E-state index contributed by atoms with van der Waals surface area (Å²) in [4.78, 5) is 3.93. The molecule has 0 bridgehead atoms. The van der Waals surface area contributed by atoms with Crippen LogP contribution < -0.4 is 0 Å². The first-order chi connectivity index (χ1) is 6.88. The first kappa shape index (κ1) is 12.6. The lowest BCUT2D eigenvalue weighted by molar-refractivity contribution is 1.09. The number of pyridine rings is 1. The van der Waals surface area contributed by atoms with Crippen molar-refractivity contribution < 1.29 is 0 Å². The van der Waals surface area contributed by atoms with Gasteiger partial charge in [0.15, 0.2) is 0 Å². The van der Waals surface area contributed by atoms with Crippen LogP contribution >= 0.6 is 0 Å². The van der Waals surface area contributed by atoms with E-state index in [1.807, 2.05) is 19.9 Å². The van der Waals surface area contributed by atoms with Crippen LogP contribution in [-0.4, -0.2) is 15.2 Å². The lowest BCUT2D eigenvalue weighted by Crippen LogP contribution is -1.68. The highest BCUT2D eigenvalue weighted by molar-refractivity contribution is 5.75. The van der Waals surface area contributed by atoms with Crippen molar-refractivity contribution in [2.24, 2.45) is 0 Å². The third-order valence-electron chi connectivity index (χ3n) is 1.24. The summed E-state index contributed by atoms with van der Waals surface area (Å²) in [5.41, 5.74) is 1.03. The summed E-state index contributed by atoms with van der Waals surface area (Å²) in [5.74, 6) is 0. The molecule has 0 amide bonds. The number of hydrogen-bond donors (Lipinski definition) is 1. The second-order valence-corrected chi connectivity index (χ2v) is 2.54. The van der Waals surface area contributed by atoms with Crippen molar-refractivity contribution >= 4 is 10.9 Å². The molecule has 0 saturated heterocycles. The van der Waals surface area contributed by atoms with Crippen molar-refractivity contribution in [3.05, 3.63) is 24.7 Å². The van der Waals surface area contributed by atoms with Gasteiger partial charge in [-0.05, 0) is 6.07 Å². The Bertz CT molecular complexity index is 298. The fourth-order valence-corrected chi connectivity index (χ4v) is 0.783. The number of H-pyrrole nitrogens is 1. The molecule has 0 spiro atoms. The summed E-state index contributed by atoms with van der Waals surface area (Å²) in [6.07, 6.45) is 6.52. The maximum atomic E-state index is 3.93. The highest BCUT2D eigenvalue weighted by atomic mass is 15.1. The molecule has 0 aliphatic carbocycles. The minimum absolute atomic E-state index is 1.03. The van der Waals surface area contributed by atoms with Crippen LogP contribution in [0, 0.1) is 0 Å². The molecule has 3 heteroatoms. The van der Waals surface area contributed by atoms with E-state index in [-0.39, 0.29) is 0 Å². The van der Waals surface area contributed by atoms with E-state index in [0.29, 0.717) is 0 Å². The normalized spacial score (nSPS) is 8.29. The molecule has 0 unspecified atom stereocenters. The molecular formula is C11H19N3. The van der Waals surface area contributed by atoms with E-state index in [1.54, 1.807) is 18.6 Å². The van der Waals surface area contributed by atoms with Gasteiger partial charge < -0.3 is 0 Å². The summed E-state index contributed by atoms with van der Waals surface area (Å²) in [6, 6.07) is 1.89. The molecule has 0 aromatic carbocycles. The second kappa shape index (κ2) is 8.23. The molecule has 0 aliphatic heterocycles. The number of fused-ring (bicyclic) bond motifs is 1. The van der Waals surface area contributed by atoms with Crippen LogP contribution in [0.1, 0.15) is 34.1 Å². The molecule has 2 rings (SSSR count). The van der Waals surface area contributed by atoms with Crippen LogP contribution in [0.25, 0.3) is 10.9 Å². The van der Waals surface area contributed by atoms with Crippen LogP contribution in [0.5, 0.6) is 0 Å². The van der Waals surface area contributed by atoms with Crippen LogP contribution in [0.4, 0.5) is 0 Å². The third kappa shape index (κ3) is 4.03. The highest BCUT2D eigenvalue weighted by Crippen LogP contribution is 2.04. The zero-order chi connectivity index (χ0) is 10.8. The lowest BCUT2D eigenvalue weighted by Gasteiger charge is -1.80. The Balaban J connectivity index is 0.000000294. The molecule has 3 nitrogen and oxygen atoms in total. The molecule has 0 fully saturated rings. The van der Waals surface area contributed by atoms with Gasteiger partial charge in [-0.25, -0.2) is 0 Å². The van der Waals surface area contributed by atoms with Gasteiger partial charge in [-0.3, -0.25) is 10.1 Å². The predicted molar refractivity (Wildman–Crippen MR) is 61.2 cm³/mol. The zero-order valence-corrected chi connectivity index (χ0v) is 9.41. The average molecular weight is 193 g/mol. The van der Waals surface area contributed by atoms with Crippen LogP contribution in [0.15, 0.2) is 24.7 Å². The van der Waals surface area contributed by atoms with Crippen molar-refractivity contribution in [1.29, 1.82) is 0 Å². The van der Waals surface area contributed by atoms with Crippen LogP contribution in [0.3, 0.4) is 0 Å². The van der Waals surface area contributed by atoms with Crippen molar-refractivity contribution in [2.75, 3.05) is 0 Å². The molecule has 0 aliphatic rings. The number of nitrogens with one attached hydrogen (secondary N) is 1. The number of hydrogen-bond acceptors (Lipinski definition) is 2. The molecule has 1 N–H and O–H groups in total. The van der Waals surface area contributed by atoms with Gasteiger partial charge in [0.05, 0.1) is 11.7 Å². The third-order valence-corrected chi connectivity index (χ3v) is 1.24. The first-order valence-corrected chi connectivity index (χ1v) is 5.11. The van der Waals surface area contributed by atoms with Crippen molar-refractivity contribution in [3.63, 3.8) is 0 Å². The Labute approximate surface area is 85.6 Å². The molecular weight excluding hydrogens is 174 g/mol. The number of rotatable bonds is 0. The number of aromatic amines is 1. The highest BCUT2D eigenvalue weighted by Gasteiger charge is 1.89. The van der Waals surface area contributed by atoms with Crippen molar-refractivity contribution in [3.8, 4) is 0 Å². The summed E-state index contributed by atoms with van der Waals surface area (Å²) < 4.78 is 0. The molecule has 14 heavy (non-hydrogen) atoms. The smallest absolute Gasteiger partial charge is 0.0681 e. The van der Waals surface area contributed by atoms with E-state index in [9.17, 15) is 0 Å². The van der Waals surface area contributed by atoms with E-state index >= 15 is 0 Å². The Kier molecular flexibility index (Phi) is 7.42. The molecule has 0 saturated carbocycles. The van der Waals surface area contributed by atoms with E-state index < -0.39 is 0 Å². The van der Waals surface area contributed by atoms with Gasteiger partial charge in [-0.2, -0.15) is 5.10 Å². The van der Waals surface area contributed by atoms with E-state index in [4.69, 9.17) is 0 Å². The Morgan fingerprint density at radius 2 is 1.86 bits per heavy atom.